The van der Waals surface area contributed by atoms with Gasteiger partial charge in [-0.05, 0) is 118 Å². The van der Waals surface area contributed by atoms with E-state index in [4.69, 9.17) is 4.98 Å². The summed E-state index contributed by atoms with van der Waals surface area (Å²) in [6.45, 7) is 4.00. The van der Waals surface area contributed by atoms with Gasteiger partial charge in [0.1, 0.15) is 0 Å². The predicted octanol–water partition coefficient (Wildman–Crippen LogP) is 15.0. The van der Waals surface area contributed by atoms with E-state index in [9.17, 15) is 0 Å². The summed E-state index contributed by atoms with van der Waals surface area (Å²) in [5, 5.41) is 0. The second-order valence-electron chi connectivity index (χ2n) is 15.2. The van der Waals surface area contributed by atoms with Gasteiger partial charge in [-0.1, -0.05) is 154 Å². The standard InChI is InChI=1S/C52H39N3.C2H6/c1-5-15-48-37(11-1)21-22-38-12-2-6-16-49(38)54(48)42-28-30-45-44-29-20-36(33-46(44)52(47(45)34-42)31-9-10-32-52)19-25-41-26-27-43(35-53-41)55-50-17-7-3-13-39(50)23-24-40-14-4-8-18-51(40)55;1-2/h1-8,11-30,33-35H,9-10,31-32H2;1-2H3/b25-19+;. The third-order valence-corrected chi connectivity index (χ3v) is 12.2. The van der Waals surface area contributed by atoms with Crippen molar-refractivity contribution >= 4 is 70.6 Å². The minimum absolute atomic E-state index is 0.0299. The molecule has 3 heterocycles. The van der Waals surface area contributed by atoms with Crippen molar-refractivity contribution < 1.29 is 0 Å². The van der Waals surface area contributed by atoms with Crippen LogP contribution in [-0.4, -0.2) is 4.98 Å². The number of fused-ring (bicyclic) bond motifs is 9. The van der Waals surface area contributed by atoms with Crippen LogP contribution in [0.5, 0.6) is 0 Å². The number of aromatic nitrogens is 1. The average Bonchev–Trinajstić information content (AvgIpc) is 3.76. The Balaban J connectivity index is 0.00000195. The smallest absolute Gasteiger partial charge is 0.0645 e. The molecular formula is C54H45N3. The van der Waals surface area contributed by atoms with Crippen LogP contribution in [-0.2, 0) is 5.41 Å². The molecule has 6 aromatic carbocycles. The number of anilines is 6. The van der Waals surface area contributed by atoms with Gasteiger partial charge >= 0.3 is 0 Å². The molecule has 0 bridgehead atoms. The van der Waals surface area contributed by atoms with Gasteiger partial charge in [0.15, 0.2) is 0 Å². The van der Waals surface area contributed by atoms with E-state index in [0.29, 0.717) is 0 Å². The molecule has 57 heavy (non-hydrogen) atoms. The van der Waals surface area contributed by atoms with Crippen LogP contribution < -0.4 is 9.80 Å². The molecular weight excluding hydrogens is 691 g/mol. The molecule has 1 saturated carbocycles. The van der Waals surface area contributed by atoms with Gasteiger partial charge in [-0.15, -0.1) is 0 Å². The third-order valence-electron chi connectivity index (χ3n) is 12.2. The summed E-state index contributed by atoms with van der Waals surface area (Å²) >= 11 is 0. The molecule has 1 aromatic heterocycles. The van der Waals surface area contributed by atoms with E-state index in [1.54, 1.807) is 0 Å². The van der Waals surface area contributed by atoms with Crippen LogP contribution in [0, 0.1) is 0 Å². The molecule has 276 valence electrons. The van der Waals surface area contributed by atoms with Crippen molar-refractivity contribution in [1.82, 2.24) is 4.98 Å². The second-order valence-corrected chi connectivity index (χ2v) is 15.2. The number of benzene rings is 6. The summed E-state index contributed by atoms with van der Waals surface area (Å²) in [4.78, 5) is 9.74. The lowest BCUT2D eigenvalue weighted by molar-refractivity contribution is 0.550. The Bertz CT molecular complexity index is 2630. The van der Waals surface area contributed by atoms with E-state index < -0.39 is 0 Å². The van der Waals surface area contributed by atoms with E-state index in [0.717, 1.165) is 22.8 Å². The lowest BCUT2D eigenvalue weighted by atomic mass is 9.76. The van der Waals surface area contributed by atoms with Gasteiger partial charge in [-0.25, -0.2) is 0 Å². The molecule has 3 heteroatoms. The van der Waals surface area contributed by atoms with Gasteiger partial charge in [-0.2, -0.15) is 0 Å². The number of para-hydroxylation sites is 4. The molecule has 0 radical (unpaired) electrons. The molecule has 11 rings (SSSR count). The molecule has 0 saturated heterocycles. The highest BCUT2D eigenvalue weighted by molar-refractivity contribution is 5.95. The first-order valence-corrected chi connectivity index (χ1v) is 20.5. The number of pyridine rings is 1. The maximum Gasteiger partial charge on any atom is 0.0645 e. The molecule has 0 unspecified atom stereocenters. The monoisotopic (exact) mass is 735 g/mol. The van der Waals surface area contributed by atoms with Gasteiger partial charge in [0.05, 0.1) is 40.3 Å². The molecule has 0 atom stereocenters. The van der Waals surface area contributed by atoms with Crippen molar-refractivity contribution in [2.24, 2.45) is 0 Å². The SMILES string of the molecule is C1=Cc2ccccc2N(c2ccc(/C=C/c3ccc4c(c3)C3(CCCC3)c3cc(N5c6ccccc6C=Cc6ccccc65)ccc3-4)nc2)c2ccccc21.CC. The van der Waals surface area contributed by atoms with Crippen molar-refractivity contribution in [1.29, 1.82) is 0 Å². The zero-order valence-electron chi connectivity index (χ0n) is 32.6. The zero-order valence-corrected chi connectivity index (χ0v) is 32.6. The fourth-order valence-corrected chi connectivity index (χ4v) is 9.57. The van der Waals surface area contributed by atoms with Crippen LogP contribution in [0.2, 0.25) is 0 Å². The topological polar surface area (TPSA) is 19.4 Å². The van der Waals surface area contributed by atoms with E-state index in [2.05, 4.69) is 192 Å². The van der Waals surface area contributed by atoms with E-state index in [-0.39, 0.29) is 5.41 Å². The Morgan fingerprint density at radius 1 is 0.474 bits per heavy atom. The lowest BCUT2D eigenvalue weighted by Crippen LogP contribution is -2.21. The first kappa shape index (κ1) is 34.8. The van der Waals surface area contributed by atoms with Crippen molar-refractivity contribution in [3.63, 3.8) is 0 Å². The van der Waals surface area contributed by atoms with Crippen LogP contribution >= 0.6 is 0 Å². The number of hydrogen-bond acceptors (Lipinski definition) is 3. The summed E-state index contributed by atoms with van der Waals surface area (Å²) in [7, 11) is 0. The van der Waals surface area contributed by atoms with Crippen LogP contribution in [0.1, 0.15) is 84.2 Å². The largest absolute Gasteiger partial charge is 0.309 e. The van der Waals surface area contributed by atoms with Crippen molar-refractivity contribution in [2.75, 3.05) is 9.80 Å². The first-order chi connectivity index (χ1) is 28.2. The number of hydrogen-bond donors (Lipinski definition) is 0. The Morgan fingerprint density at radius 2 is 0.930 bits per heavy atom. The highest BCUT2D eigenvalue weighted by Crippen LogP contribution is 2.58. The van der Waals surface area contributed by atoms with E-state index >= 15 is 0 Å². The summed E-state index contributed by atoms with van der Waals surface area (Å²) in [6.07, 6.45) is 20.2. The molecule has 4 aliphatic rings. The highest BCUT2D eigenvalue weighted by atomic mass is 15.2. The molecule has 1 spiro atoms. The van der Waals surface area contributed by atoms with Crippen molar-refractivity contribution in [2.45, 2.75) is 44.9 Å². The summed E-state index contributed by atoms with van der Waals surface area (Å²) in [6, 6.07) is 53.3. The minimum atomic E-state index is 0.0299. The van der Waals surface area contributed by atoms with Gasteiger partial charge in [-0.3, -0.25) is 4.98 Å². The zero-order chi connectivity index (χ0) is 38.3. The summed E-state index contributed by atoms with van der Waals surface area (Å²) in [5.74, 6) is 0. The van der Waals surface area contributed by atoms with Crippen molar-refractivity contribution in [3.8, 4) is 11.1 Å². The molecule has 0 amide bonds. The molecule has 3 nitrogen and oxygen atoms in total. The third kappa shape index (κ3) is 5.85. The number of nitrogens with zero attached hydrogens (tertiary/aromatic N) is 3. The van der Waals surface area contributed by atoms with Gasteiger partial charge < -0.3 is 9.80 Å². The van der Waals surface area contributed by atoms with Gasteiger partial charge in [0.25, 0.3) is 0 Å². The fourth-order valence-electron chi connectivity index (χ4n) is 9.57. The normalized spacial score (nSPS) is 15.1. The quantitative estimate of drug-likeness (QED) is 0.179. The van der Waals surface area contributed by atoms with E-state index in [1.807, 2.05) is 20.0 Å². The molecule has 2 aliphatic carbocycles. The molecule has 1 fully saturated rings. The maximum atomic E-state index is 4.96. The Hall–Kier alpha value is -6.71. The fraction of sp³-hybridized carbons (Fsp3) is 0.130. The Labute approximate surface area is 336 Å². The summed E-state index contributed by atoms with van der Waals surface area (Å²) in [5.41, 5.74) is 19.7. The van der Waals surface area contributed by atoms with Crippen LogP contribution in [0.4, 0.5) is 34.1 Å². The van der Waals surface area contributed by atoms with Gasteiger partial charge in [0, 0.05) is 11.1 Å². The molecule has 0 N–H and O–H groups in total. The predicted molar refractivity (Wildman–Crippen MR) is 243 cm³/mol. The lowest BCUT2D eigenvalue weighted by Gasteiger charge is -2.30. The second kappa shape index (κ2) is 14.4. The Kier molecular flexibility index (Phi) is 8.79. The van der Waals surface area contributed by atoms with Crippen molar-refractivity contribution in [3.05, 3.63) is 196 Å². The maximum absolute atomic E-state index is 4.96. The number of rotatable bonds is 4. The average molecular weight is 736 g/mol. The van der Waals surface area contributed by atoms with Gasteiger partial charge in [0.2, 0.25) is 0 Å². The first-order valence-electron chi connectivity index (χ1n) is 20.5. The van der Waals surface area contributed by atoms with Crippen LogP contribution in [0.25, 0.3) is 47.6 Å². The summed E-state index contributed by atoms with van der Waals surface area (Å²) < 4.78 is 0. The molecule has 2 aliphatic heterocycles. The highest BCUT2D eigenvalue weighted by Gasteiger charge is 2.45. The van der Waals surface area contributed by atoms with E-state index in [1.165, 1.54) is 92.8 Å². The minimum Gasteiger partial charge on any atom is -0.309 e. The Morgan fingerprint density at radius 3 is 1.44 bits per heavy atom. The van der Waals surface area contributed by atoms with Crippen LogP contribution in [0.3, 0.4) is 0 Å². The molecule has 7 aromatic rings. The van der Waals surface area contributed by atoms with Crippen LogP contribution in [0.15, 0.2) is 152 Å².